The topological polar surface area (TPSA) is 58.6 Å². The van der Waals surface area contributed by atoms with Gasteiger partial charge < -0.3 is 15.2 Å². The molecule has 1 rings (SSSR count). The molecule has 0 aromatic heterocycles. The highest BCUT2D eigenvalue weighted by molar-refractivity contribution is 5.68. The minimum Gasteiger partial charge on any atom is -0.444 e. The Morgan fingerprint density at radius 1 is 1.40 bits per heavy atom. The minimum absolute atomic E-state index is 0.0149. The fraction of sp³-hybridized carbons (Fsp3) is 0.857. The molecule has 4 nitrogen and oxygen atoms in total. The Labute approximate surface area is 154 Å². The molecule has 0 aliphatic heterocycles. The second-order valence-corrected chi connectivity index (χ2v) is 8.98. The summed E-state index contributed by atoms with van der Waals surface area (Å²) in [5, 5.41) is 12.6. The van der Waals surface area contributed by atoms with Crippen LogP contribution < -0.4 is 5.32 Å². The molecule has 1 aliphatic carbocycles. The van der Waals surface area contributed by atoms with E-state index in [1.807, 2.05) is 20.8 Å². The summed E-state index contributed by atoms with van der Waals surface area (Å²) in [5.74, 6) is 0.937. The van der Waals surface area contributed by atoms with Crippen LogP contribution in [0.15, 0.2) is 12.7 Å². The van der Waals surface area contributed by atoms with E-state index < -0.39 is 5.60 Å². The van der Waals surface area contributed by atoms with Crippen LogP contribution >= 0.6 is 0 Å². The second kappa shape index (κ2) is 9.61. The first-order valence-corrected chi connectivity index (χ1v) is 9.86. The van der Waals surface area contributed by atoms with Gasteiger partial charge in [-0.15, -0.1) is 6.58 Å². The van der Waals surface area contributed by atoms with Gasteiger partial charge in [-0.3, -0.25) is 0 Å². The summed E-state index contributed by atoms with van der Waals surface area (Å²) in [6, 6.07) is 0.101. The Balaban J connectivity index is 2.98. The lowest BCUT2D eigenvalue weighted by Crippen LogP contribution is -2.51. The Morgan fingerprint density at radius 2 is 2.08 bits per heavy atom. The van der Waals surface area contributed by atoms with Crippen molar-refractivity contribution in [2.75, 3.05) is 6.61 Å². The van der Waals surface area contributed by atoms with Gasteiger partial charge in [0.05, 0.1) is 0 Å². The Morgan fingerprint density at radius 3 is 2.60 bits per heavy atom. The Hall–Kier alpha value is -1.03. The van der Waals surface area contributed by atoms with Crippen molar-refractivity contribution in [1.82, 2.24) is 5.32 Å². The average Bonchev–Trinajstić information content (AvgIpc) is 2.50. The number of aliphatic hydroxyl groups is 1. The predicted octanol–water partition coefficient (Wildman–Crippen LogP) is 5.06. The van der Waals surface area contributed by atoms with Crippen molar-refractivity contribution in [3.8, 4) is 0 Å². The fourth-order valence-corrected chi connectivity index (χ4v) is 4.12. The van der Waals surface area contributed by atoms with E-state index in [4.69, 9.17) is 4.74 Å². The van der Waals surface area contributed by atoms with Gasteiger partial charge in [0, 0.05) is 12.6 Å². The highest BCUT2D eigenvalue weighted by Crippen LogP contribution is 2.46. The molecule has 0 heterocycles. The molecular formula is C21H39NO3. The number of alkyl carbamates (subject to hydrolysis) is 1. The van der Waals surface area contributed by atoms with Gasteiger partial charge in [0.25, 0.3) is 0 Å². The van der Waals surface area contributed by atoms with Gasteiger partial charge in [-0.05, 0) is 70.1 Å². The summed E-state index contributed by atoms with van der Waals surface area (Å²) >= 11 is 0. The molecule has 0 radical (unpaired) electrons. The zero-order valence-corrected chi connectivity index (χ0v) is 16.9. The zero-order chi connectivity index (χ0) is 19.1. The number of carbonyl (C=O) groups excluding carboxylic acids is 1. The van der Waals surface area contributed by atoms with Crippen LogP contribution in [-0.4, -0.2) is 29.4 Å². The quantitative estimate of drug-likeness (QED) is 0.600. The molecule has 1 amide bonds. The molecule has 0 aromatic carbocycles. The number of nitrogens with one attached hydrogen (secondary N) is 1. The molecule has 2 N–H and O–H groups in total. The van der Waals surface area contributed by atoms with Crippen molar-refractivity contribution in [3.63, 3.8) is 0 Å². The van der Waals surface area contributed by atoms with Crippen LogP contribution in [-0.2, 0) is 4.74 Å². The second-order valence-electron chi connectivity index (χ2n) is 8.98. The summed E-state index contributed by atoms with van der Waals surface area (Å²) in [7, 11) is 0. The van der Waals surface area contributed by atoms with E-state index >= 15 is 0 Å². The van der Waals surface area contributed by atoms with Crippen molar-refractivity contribution in [3.05, 3.63) is 12.7 Å². The summed E-state index contributed by atoms with van der Waals surface area (Å²) in [6.45, 7) is 14.3. The Bertz CT molecular complexity index is 427. The maximum Gasteiger partial charge on any atom is 0.407 e. The lowest BCUT2D eigenvalue weighted by molar-refractivity contribution is 0.0288. The SMILES string of the molecule is C=C[C@@H](CC1(CCCO)CCCCC1NC(=O)OC(C)(C)C)C(C)C. The molecule has 0 aromatic rings. The van der Waals surface area contributed by atoms with Crippen molar-refractivity contribution < 1.29 is 14.6 Å². The van der Waals surface area contributed by atoms with Crippen LogP contribution in [0, 0.1) is 17.3 Å². The Kier molecular flexibility index (Phi) is 8.46. The van der Waals surface area contributed by atoms with E-state index in [1.165, 1.54) is 6.42 Å². The normalized spacial score (nSPS) is 25.5. The minimum atomic E-state index is -0.492. The van der Waals surface area contributed by atoms with E-state index in [-0.39, 0.29) is 24.2 Å². The molecule has 0 bridgehead atoms. The number of ether oxygens (including phenoxy) is 1. The maximum atomic E-state index is 12.4. The van der Waals surface area contributed by atoms with Crippen molar-refractivity contribution in [2.24, 2.45) is 17.3 Å². The third-order valence-corrected chi connectivity index (χ3v) is 5.48. The molecule has 1 saturated carbocycles. The largest absolute Gasteiger partial charge is 0.444 e. The van der Waals surface area contributed by atoms with Gasteiger partial charge in [0.1, 0.15) is 5.60 Å². The fourth-order valence-electron chi connectivity index (χ4n) is 4.12. The molecule has 0 saturated heterocycles. The highest BCUT2D eigenvalue weighted by Gasteiger charge is 2.43. The number of hydrogen-bond donors (Lipinski definition) is 2. The predicted molar refractivity (Wildman–Crippen MR) is 104 cm³/mol. The maximum absolute atomic E-state index is 12.4. The molecular weight excluding hydrogens is 314 g/mol. The van der Waals surface area contributed by atoms with Gasteiger partial charge in [-0.25, -0.2) is 4.79 Å². The number of carbonyl (C=O) groups is 1. The zero-order valence-electron chi connectivity index (χ0n) is 16.9. The van der Waals surface area contributed by atoms with E-state index in [1.54, 1.807) is 0 Å². The molecule has 146 valence electrons. The average molecular weight is 354 g/mol. The molecule has 25 heavy (non-hydrogen) atoms. The summed E-state index contributed by atoms with van der Waals surface area (Å²) in [6.07, 6.45) is 8.82. The van der Waals surface area contributed by atoms with Gasteiger partial charge in [-0.2, -0.15) is 0 Å². The van der Waals surface area contributed by atoms with E-state index in [9.17, 15) is 9.90 Å². The number of aliphatic hydroxyl groups excluding tert-OH is 1. The van der Waals surface area contributed by atoms with Crippen LogP contribution in [0.3, 0.4) is 0 Å². The van der Waals surface area contributed by atoms with E-state index in [0.29, 0.717) is 11.8 Å². The van der Waals surface area contributed by atoms with Crippen molar-refractivity contribution >= 4 is 6.09 Å². The van der Waals surface area contributed by atoms with Crippen LogP contribution in [0.25, 0.3) is 0 Å². The standard InChI is InChI=1S/C21H39NO3/c1-7-17(16(2)3)15-21(13-10-14-23)12-9-8-11-18(21)22-19(24)25-20(4,5)6/h7,16-18,23H,1,8-15H2,2-6H3,(H,22,24)/t17-,18?,21?/m0/s1. The molecule has 4 heteroatoms. The summed E-state index contributed by atoms with van der Waals surface area (Å²) in [4.78, 5) is 12.4. The summed E-state index contributed by atoms with van der Waals surface area (Å²) in [5.41, 5.74) is -0.477. The van der Waals surface area contributed by atoms with Crippen LogP contribution in [0.1, 0.15) is 79.6 Å². The first-order valence-electron chi connectivity index (χ1n) is 9.86. The smallest absolute Gasteiger partial charge is 0.407 e. The van der Waals surface area contributed by atoms with Gasteiger partial charge in [0.2, 0.25) is 0 Å². The highest BCUT2D eigenvalue weighted by atomic mass is 16.6. The number of allylic oxidation sites excluding steroid dienone is 1. The first kappa shape index (κ1) is 22.0. The molecule has 1 fully saturated rings. The third kappa shape index (κ3) is 7.01. The molecule has 0 spiro atoms. The van der Waals surface area contributed by atoms with Crippen molar-refractivity contribution in [1.29, 1.82) is 0 Å². The molecule has 1 aliphatic rings. The molecule has 3 atom stereocenters. The number of hydrogen-bond acceptors (Lipinski definition) is 3. The number of amides is 1. The van der Waals surface area contributed by atoms with Gasteiger partial charge in [0.15, 0.2) is 0 Å². The van der Waals surface area contributed by atoms with Crippen LogP contribution in [0.5, 0.6) is 0 Å². The lowest BCUT2D eigenvalue weighted by atomic mass is 9.62. The van der Waals surface area contributed by atoms with E-state index in [2.05, 4.69) is 31.8 Å². The van der Waals surface area contributed by atoms with Crippen LogP contribution in [0.4, 0.5) is 4.79 Å². The van der Waals surface area contributed by atoms with E-state index in [0.717, 1.165) is 38.5 Å². The third-order valence-electron chi connectivity index (χ3n) is 5.48. The van der Waals surface area contributed by atoms with Gasteiger partial charge >= 0.3 is 6.09 Å². The number of rotatable bonds is 8. The summed E-state index contributed by atoms with van der Waals surface area (Å²) < 4.78 is 5.50. The van der Waals surface area contributed by atoms with Crippen LogP contribution in [0.2, 0.25) is 0 Å². The monoisotopic (exact) mass is 353 g/mol. The van der Waals surface area contributed by atoms with Crippen molar-refractivity contribution in [2.45, 2.75) is 91.2 Å². The lowest BCUT2D eigenvalue weighted by Gasteiger charge is -2.47. The molecule has 2 unspecified atom stereocenters. The van der Waals surface area contributed by atoms with Gasteiger partial charge in [-0.1, -0.05) is 32.8 Å². The first-order chi connectivity index (χ1) is 11.6.